The van der Waals surface area contributed by atoms with E-state index in [0.29, 0.717) is 16.9 Å². The van der Waals surface area contributed by atoms with Crippen LogP contribution in [-0.4, -0.2) is 28.5 Å². The highest BCUT2D eigenvalue weighted by Crippen LogP contribution is 2.25. The second kappa shape index (κ2) is 6.90. The minimum absolute atomic E-state index is 0.292. The zero-order valence-electron chi connectivity index (χ0n) is 14.1. The number of esters is 1. The fraction of sp³-hybridized carbons (Fsp3) is 0.167. The van der Waals surface area contributed by atoms with Crippen molar-refractivity contribution in [3.8, 4) is 10.7 Å². The Morgan fingerprint density at radius 1 is 1.16 bits per heavy atom. The van der Waals surface area contributed by atoms with Crippen LogP contribution < -0.4 is 5.32 Å². The molecule has 7 heteroatoms. The van der Waals surface area contributed by atoms with Crippen molar-refractivity contribution in [1.29, 1.82) is 0 Å². The zero-order valence-corrected chi connectivity index (χ0v) is 14.9. The molecule has 6 nitrogen and oxygen atoms in total. The van der Waals surface area contributed by atoms with Crippen LogP contribution in [0, 0.1) is 6.92 Å². The fourth-order valence-electron chi connectivity index (χ4n) is 2.33. The van der Waals surface area contributed by atoms with E-state index < -0.39 is 5.97 Å². The van der Waals surface area contributed by atoms with Crippen molar-refractivity contribution in [2.24, 2.45) is 7.05 Å². The summed E-state index contributed by atoms with van der Waals surface area (Å²) in [5.41, 5.74) is 3.47. The van der Waals surface area contributed by atoms with Gasteiger partial charge in [0, 0.05) is 23.8 Å². The van der Waals surface area contributed by atoms with Gasteiger partial charge < -0.3 is 14.6 Å². The van der Waals surface area contributed by atoms with Crippen LogP contribution in [0.3, 0.4) is 0 Å². The van der Waals surface area contributed by atoms with Gasteiger partial charge in [-0.1, -0.05) is 0 Å². The summed E-state index contributed by atoms with van der Waals surface area (Å²) < 4.78 is 6.68. The first-order valence-corrected chi connectivity index (χ1v) is 8.45. The van der Waals surface area contributed by atoms with E-state index >= 15 is 0 Å². The monoisotopic (exact) mass is 355 g/mol. The van der Waals surface area contributed by atoms with Crippen LogP contribution in [-0.2, 0) is 11.8 Å². The number of carbonyl (C=O) groups is 2. The average molecular weight is 355 g/mol. The molecule has 1 N–H and O–H groups in total. The van der Waals surface area contributed by atoms with Gasteiger partial charge >= 0.3 is 5.97 Å². The molecular weight excluding hydrogens is 338 g/mol. The smallest absolute Gasteiger partial charge is 0.337 e. The van der Waals surface area contributed by atoms with Crippen LogP contribution in [0.5, 0.6) is 0 Å². The minimum Gasteiger partial charge on any atom is -0.465 e. The summed E-state index contributed by atoms with van der Waals surface area (Å²) in [6, 6.07) is 10.5. The number of thiazole rings is 1. The highest BCUT2D eigenvalue weighted by atomic mass is 32.1. The van der Waals surface area contributed by atoms with E-state index in [0.717, 1.165) is 16.4 Å². The molecule has 0 aliphatic carbocycles. The van der Waals surface area contributed by atoms with Crippen LogP contribution in [0.1, 0.15) is 26.5 Å². The number of carbonyl (C=O) groups excluding carboxylic acids is 2. The Balaban J connectivity index is 1.74. The SMILES string of the molecule is COC(=O)c1ccc(NC(=O)c2csc(-c3ccc(C)n3C)n2)cc1. The maximum absolute atomic E-state index is 12.4. The van der Waals surface area contributed by atoms with Gasteiger partial charge in [0.05, 0.1) is 18.4 Å². The second-order valence-electron chi connectivity index (χ2n) is 5.48. The standard InChI is InChI=1S/C18H17N3O3S/c1-11-4-9-15(21(11)2)17-20-14(10-25-17)16(22)19-13-7-5-12(6-8-13)18(23)24-3/h4-10H,1-3H3,(H,19,22). The number of aromatic nitrogens is 2. The third kappa shape index (κ3) is 3.46. The van der Waals surface area contributed by atoms with E-state index in [2.05, 4.69) is 15.0 Å². The number of benzene rings is 1. The normalized spacial score (nSPS) is 10.5. The largest absolute Gasteiger partial charge is 0.465 e. The predicted octanol–water partition coefficient (Wildman–Crippen LogP) is 3.50. The topological polar surface area (TPSA) is 73.2 Å². The molecule has 0 spiro atoms. The van der Waals surface area contributed by atoms with E-state index in [1.54, 1.807) is 29.6 Å². The lowest BCUT2D eigenvalue weighted by atomic mass is 10.2. The zero-order chi connectivity index (χ0) is 18.0. The van der Waals surface area contributed by atoms with Gasteiger partial charge in [-0.05, 0) is 43.3 Å². The van der Waals surface area contributed by atoms with Gasteiger partial charge in [-0.25, -0.2) is 9.78 Å². The number of amides is 1. The molecule has 25 heavy (non-hydrogen) atoms. The molecule has 0 radical (unpaired) electrons. The number of rotatable bonds is 4. The molecule has 0 aliphatic heterocycles. The Bertz CT molecular complexity index is 925. The molecule has 2 aromatic heterocycles. The maximum Gasteiger partial charge on any atom is 0.337 e. The molecule has 1 amide bonds. The average Bonchev–Trinajstić information content (AvgIpc) is 3.23. The molecule has 3 aromatic rings. The molecule has 3 rings (SSSR count). The van der Waals surface area contributed by atoms with E-state index in [1.807, 2.05) is 30.7 Å². The summed E-state index contributed by atoms with van der Waals surface area (Å²) in [6.45, 7) is 2.02. The summed E-state index contributed by atoms with van der Waals surface area (Å²) in [6.07, 6.45) is 0. The molecule has 0 aliphatic rings. The molecule has 0 saturated heterocycles. The van der Waals surface area contributed by atoms with Crippen molar-refractivity contribution in [1.82, 2.24) is 9.55 Å². The van der Waals surface area contributed by atoms with Crippen molar-refractivity contribution in [3.63, 3.8) is 0 Å². The van der Waals surface area contributed by atoms with Crippen LogP contribution in [0.15, 0.2) is 41.8 Å². The number of ether oxygens (including phenoxy) is 1. The van der Waals surface area contributed by atoms with Crippen LogP contribution in [0.2, 0.25) is 0 Å². The summed E-state index contributed by atoms with van der Waals surface area (Å²) in [4.78, 5) is 28.2. The van der Waals surface area contributed by atoms with Crippen molar-refractivity contribution >= 4 is 28.9 Å². The lowest BCUT2D eigenvalue weighted by Gasteiger charge is -2.04. The summed E-state index contributed by atoms with van der Waals surface area (Å²) >= 11 is 1.42. The summed E-state index contributed by atoms with van der Waals surface area (Å²) in [5, 5.41) is 5.30. The Morgan fingerprint density at radius 3 is 2.48 bits per heavy atom. The molecule has 0 atom stereocenters. The molecule has 0 fully saturated rings. The number of nitrogens with one attached hydrogen (secondary N) is 1. The first kappa shape index (κ1) is 16.9. The number of anilines is 1. The molecule has 128 valence electrons. The second-order valence-corrected chi connectivity index (χ2v) is 6.34. The maximum atomic E-state index is 12.4. The highest BCUT2D eigenvalue weighted by Gasteiger charge is 2.14. The van der Waals surface area contributed by atoms with Gasteiger partial charge in [0.15, 0.2) is 0 Å². The van der Waals surface area contributed by atoms with E-state index in [1.165, 1.54) is 18.4 Å². The Hall–Kier alpha value is -2.93. The van der Waals surface area contributed by atoms with Gasteiger partial charge in [-0.3, -0.25) is 4.79 Å². The third-order valence-corrected chi connectivity index (χ3v) is 4.76. The van der Waals surface area contributed by atoms with Gasteiger partial charge in [-0.2, -0.15) is 0 Å². The Kier molecular flexibility index (Phi) is 4.67. The first-order valence-electron chi connectivity index (χ1n) is 7.57. The first-order chi connectivity index (χ1) is 12.0. The van der Waals surface area contributed by atoms with Crippen molar-refractivity contribution in [3.05, 3.63) is 58.7 Å². The number of methoxy groups -OCH3 is 1. The molecular formula is C18H17N3O3S. The molecule has 0 bridgehead atoms. The molecule has 1 aromatic carbocycles. The van der Waals surface area contributed by atoms with Crippen LogP contribution in [0.25, 0.3) is 10.7 Å². The van der Waals surface area contributed by atoms with Crippen molar-refractivity contribution in [2.45, 2.75) is 6.92 Å². The number of nitrogens with zero attached hydrogens (tertiary/aromatic N) is 2. The quantitative estimate of drug-likeness (QED) is 0.727. The van der Waals surface area contributed by atoms with E-state index in [-0.39, 0.29) is 5.91 Å². The van der Waals surface area contributed by atoms with Gasteiger partial charge in [0.25, 0.3) is 5.91 Å². The number of hydrogen-bond acceptors (Lipinski definition) is 5. The van der Waals surface area contributed by atoms with E-state index in [9.17, 15) is 9.59 Å². The molecule has 2 heterocycles. The summed E-state index contributed by atoms with van der Waals surface area (Å²) in [5.74, 6) is -0.709. The predicted molar refractivity (Wildman–Crippen MR) is 97.0 cm³/mol. The Labute approximate surface area is 149 Å². The number of aryl methyl sites for hydroxylation is 1. The number of hydrogen-bond donors (Lipinski definition) is 1. The Morgan fingerprint density at radius 2 is 1.88 bits per heavy atom. The lowest BCUT2D eigenvalue weighted by molar-refractivity contribution is 0.0600. The van der Waals surface area contributed by atoms with E-state index in [4.69, 9.17) is 0 Å². The highest BCUT2D eigenvalue weighted by molar-refractivity contribution is 7.13. The minimum atomic E-state index is -0.417. The van der Waals surface area contributed by atoms with Gasteiger partial charge in [0.1, 0.15) is 10.7 Å². The lowest BCUT2D eigenvalue weighted by Crippen LogP contribution is -2.12. The van der Waals surface area contributed by atoms with Crippen LogP contribution >= 0.6 is 11.3 Å². The van der Waals surface area contributed by atoms with Gasteiger partial charge in [0.2, 0.25) is 0 Å². The fourth-order valence-corrected chi connectivity index (χ4v) is 3.19. The molecule has 0 saturated carbocycles. The third-order valence-electron chi connectivity index (χ3n) is 3.89. The van der Waals surface area contributed by atoms with Crippen LogP contribution in [0.4, 0.5) is 5.69 Å². The van der Waals surface area contributed by atoms with Crippen molar-refractivity contribution in [2.75, 3.05) is 12.4 Å². The van der Waals surface area contributed by atoms with Gasteiger partial charge in [-0.15, -0.1) is 11.3 Å². The van der Waals surface area contributed by atoms with Crippen molar-refractivity contribution < 1.29 is 14.3 Å². The summed E-state index contributed by atoms with van der Waals surface area (Å²) in [7, 11) is 3.29. The molecule has 0 unspecified atom stereocenters.